The molecule has 0 aliphatic carbocycles. The lowest BCUT2D eigenvalue weighted by molar-refractivity contribution is -0.151. The number of carbonyl (C=O) groups is 3. The Morgan fingerprint density at radius 3 is 2.46 bits per heavy atom. The summed E-state index contributed by atoms with van der Waals surface area (Å²) in [7, 11) is 0. The molecule has 2 aromatic rings. The number of rotatable bonds is 5. The van der Waals surface area contributed by atoms with Crippen LogP contribution in [0.15, 0.2) is 54.6 Å². The van der Waals surface area contributed by atoms with E-state index < -0.39 is 12.0 Å². The Morgan fingerprint density at radius 2 is 1.73 bits per heavy atom. The number of hydrogen-bond acceptors (Lipinski definition) is 4. The van der Waals surface area contributed by atoms with Gasteiger partial charge in [0.25, 0.3) is 0 Å². The molecule has 1 unspecified atom stereocenters. The summed E-state index contributed by atoms with van der Waals surface area (Å²) in [5.41, 5.74) is 2.24. The maximum atomic E-state index is 12.6. The quantitative estimate of drug-likeness (QED) is 0.876. The average molecular weight is 369 g/mol. The highest BCUT2D eigenvalue weighted by Gasteiger charge is 2.35. The highest BCUT2D eigenvalue weighted by atomic mass is 32.2. The fraction of sp³-hybridized carbons (Fsp3) is 0.250. The predicted octanol–water partition coefficient (Wildman–Crippen LogP) is 3.16. The Morgan fingerprint density at radius 1 is 1.04 bits per heavy atom. The zero-order valence-corrected chi connectivity index (χ0v) is 14.9. The van der Waals surface area contributed by atoms with Crippen molar-refractivity contribution >= 4 is 28.8 Å². The summed E-state index contributed by atoms with van der Waals surface area (Å²) in [6.07, 6.45) is 0.775. The van der Waals surface area contributed by atoms with Gasteiger partial charge in [-0.2, -0.15) is 0 Å². The zero-order chi connectivity index (χ0) is 18.5. The van der Waals surface area contributed by atoms with E-state index in [0.717, 1.165) is 17.3 Å². The monoisotopic (exact) mass is 369 g/mol. The zero-order valence-electron chi connectivity index (χ0n) is 14.1. The molecule has 1 amide bonds. The second-order valence-corrected chi connectivity index (χ2v) is 7.10. The van der Waals surface area contributed by atoms with E-state index in [2.05, 4.69) is 0 Å². The molecule has 26 heavy (non-hydrogen) atoms. The summed E-state index contributed by atoms with van der Waals surface area (Å²) < 4.78 is 0. The number of benzene rings is 2. The van der Waals surface area contributed by atoms with E-state index in [1.54, 1.807) is 36.4 Å². The molecule has 0 fully saturated rings. The van der Waals surface area contributed by atoms with Gasteiger partial charge in [-0.05, 0) is 17.5 Å². The third kappa shape index (κ3) is 3.96. The number of hydrogen-bond donors (Lipinski definition) is 1. The molecule has 1 heterocycles. The first kappa shape index (κ1) is 18.2. The Kier molecular flexibility index (Phi) is 5.73. The molecule has 1 atom stereocenters. The van der Waals surface area contributed by atoms with Crippen LogP contribution < -0.4 is 0 Å². The molecule has 6 heteroatoms. The van der Waals surface area contributed by atoms with Crippen LogP contribution in [0.4, 0.5) is 0 Å². The number of carboxylic acid groups (broad SMARTS) is 1. The number of amides is 1. The van der Waals surface area contributed by atoms with Crippen molar-refractivity contribution in [1.82, 2.24) is 4.90 Å². The van der Waals surface area contributed by atoms with Gasteiger partial charge in [0.05, 0.1) is 0 Å². The molecule has 2 aromatic carbocycles. The highest BCUT2D eigenvalue weighted by Crippen LogP contribution is 2.30. The van der Waals surface area contributed by atoms with Gasteiger partial charge in [-0.1, -0.05) is 66.4 Å². The van der Waals surface area contributed by atoms with Crippen LogP contribution in [0.25, 0.3) is 0 Å². The summed E-state index contributed by atoms with van der Waals surface area (Å²) in [6.45, 7) is 0.379. The summed E-state index contributed by atoms with van der Waals surface area (Å²) in [5, 5.41) is 9.53. The molecular formula is C20H19NO4S. The van der Waals surface area contributed by atoms with Crippen molar-refractivity contribution in [3.05, 3.63) is 71.3 Å². The topological polar surface area (TPSA) is 74.7 Å². The number of aliphatic carboxylic acids is 1. The molecule has 0 saturated heterocycles. The predicted molar refractivity (Wildman–Crippen MR) is 100 cm³/mol. The first-order valence-corrected chi connectivity index (χ1v) is 9.38. The van der Waals surface area contributed by atoms with Crippen LogP contribution in [0.1, 0.15) is 33.9 Å². The van der Waals surface area contributed by atoms with Crippen LogP contribution in [0.5, 0.6) is 0 Å². The van der Waals surface area contributed by atoms with E-state index in [9.17, 15) is 19.5 Å². The molecule has 3 rings (SSSR count). The fourth-order valence-electron chi connectivity index (χ4n) is 3.13. The summed E-state index contributed by atoms with van der Waals surface area (Å²) in [4.78, 5) is 37.8. The minimum absolute atomic E-state index is 0.0859. The molecule has 1 N–H and O–H groups in total. The van der Waals surface area contributed by atoms with Crippen LogP contribution in [-0.2, 0) is 16.0 Å². The van der Waals surface area contributed by atoms with E-state index in [-0.39, 0.29) is 17.4 Å². The molecule has 1 aliphatic rings. The standard InChI is InChI=1S/C20H19NO4S/c22-17(11-13-26-20(25)15-7-2-1-3-8-15)21-12-10-14-6-4-5-9-16(14)18(21)19(23)24/h1-9,18H,10-13H2,(H,23,24). The molecule has 5 nitrogen and oxygen atoms in total. The van der Waals surface area contributed by atoms with Crippen LogP contribution in [-0.4, -0.2) is 39.3 Å². The number of carbonyl (C=O) groups excluding carboxylic acids is 2. The van der Waals surface area contributed by atoms with Crippen molar-refractivity contribution in [3.8, 4) is 0 Å². The van der Waals surface area contributed by atoms with Crippen LogP contribution in [0.3, 0.4) is 0 Å². The largest absolute Gasteiger partial charge is 0.479 e. The lowest BCUT2D eigenvalue weighted by Gasteiger charge is -2.34. The maximum absolute atomic E-state index is 12.6. The summed E-state index contributed by atoms with van der Waals surface area (Å²) in [5.74, 6) is -0.935. The van der Waals surface area contributed by atoms with Gasteiger partial charge in [0.2, 0.25) is 11.0 Å². The normalized spacial score (nSPS) is 16.0. The molecule has 0 radical (unpaired) electrons. The van der Waals surface area contributed by atoms with E-state index in [0.29, 0.717) is 29.8 Å². The van der Waals surface area contributed by atoms with E-state index >= 15 is 0 Å². The first-order chi connectivity index (χ1) is 12.6. The van der Waals surface area contributed by atoms with Crippen LogP contribution in [0.2, 0.25) is 0 Å². The van der Waals surface area contributed by atoms with Gasteiger partial charge in [-0.15, -0.1) is 0 Å². The number of fused-ring (bicyclic) bond motifs is 1. The van der Waals surface area contributed by atoms with Crippen molar-refractivity contribution in [3.63, 3.8) is 0 Å². The third-order valence-corrected chi connectivity index (χ3v) is 5.30. The second kappa shape index (κ2) is 8.19. The Labute approximate surface area is 156 Å². The van der Waals surface area contributed by atoms with E-state index in [1.807, 2.05) is 18.2 Å². The third-order valence-electron chi connectivity index (χ3n) is 4.40. The molecular weight excluding hydrogens is 350 g/mol. The molecule has 1 aliphatic heterocycles. The van der Waals surface area contributed by atoms with Crippen LogP contribution in [0, 0.1) is 0 Å². The van der Waals surface area contributed by atoms with Crippen molar-refractivity contribution in [2.24, 2.45) is 0 Å². The number of thioether (sulfide) groups is 1. The Balaban J connectivity index is 1.62. The van der Waals surface area contributed by atoms with Gasteiger partial charge in [-0.25, -0.2) is 4.79 Å². The van der Waals surface area contributed by atoms with Gasteiger partial charge in [0.1, 0.15) is 0 Å². The summed E-state index contributed by atoms with van der Waals surface area (Å²) >= 11 is 1.08. The van der Waals surface area contributed by atoms with Crippen molar-refractivity contribution < 1.29 is 19.5 Å². The fourth-order valence-corrected chi connectivity index (χ4v) is 3.90. The van der Waals surface area contributed by atoms with E-state index in [1.165, 1.54) is 4.90 Å². The second-order valence-electron chi connectivity index (χ2n) is 6.03. The molecule has 134 valence electrons. The smallest absolute Gasteiger partial charge is 0.331 e. The van der Waals surface area contributed by atoms with Crippen LogP contribution >= 0.6 is 11.8 Å². The van der Waals surface area contributed by atoms with Gasteiger partial charge in [0.15, 0.2) is 6.04 Å². The minimum Gasteiger partial charge on any atom is -0.479 e. The van der Waals surface area contributed by atoms with E-state index in [4.69, 9.17) is 0 Å². The van der Waals surface area contributed by atoms with Gasteiger partial charge in [0, 0.05) is 24.3 Å². The Hall–Kier alpha value is -2.60. The minimum atomic E-state index is -1.03. The van der Waals surface area contributed by atoms with Gasteiger partial charge in [-0.3, -0.25) is 9.59 Å². The highest BCUT2D eigenvalue weighted by molar-refractivity contribution is 8.14. The first-order valence-electron chi connectivity index (χ1n) is 8.40. The SMILES string of the molecule is O=C(SCCC(=O)N1CCc2ccccc2C1C(=O)O)c1ccccc1. The molecule has 0 saturated carbocycles. The number of carboxylic acids is 1. The average Bonchev–Trinajstić information content (AvgIpc) is 2.67. The lowest BCUT2D eigenvalue weighted by Crippen LogP contribution is -2.43. The van der Waals surface area contributed by atoms with Crippen molar-refractivity contribution in [2.45, 2.75) is 18.9 Å². The van der Waals surface area contributed by atoms with Gasteiger partial charge >= 0.3 is 5.97 Å². The molecule has 0 spiro atoms. The maximum Gasteiger partial charge on any atom is 0.331 e. The summed E-state index contributed by atoms with van der Waals surface area (Å²) in [6, 6.07) is 15.3. The number of nitrogens with zero attached hydrogens (tertiary/aromatic N) is 1. The molecule has 0 aromatic heterocycles. The van der Waals surface area contributed by atoms with Gasteiger partial charge < -0.3 is 10.0 Å². The van der Waals surface area contributed by atoms with Crippen molar-refractivity contribution in [2.75, 3.05) is 12.3 Å². The molecule has 0 bridgehead atoms. The van der Waals surface area contributed by atoms with Crippen molar-refractivity contribution in [1.29, 1.82) is 0 Å². The Bertz CT molecular complexity index is 822. The lowest BCUT2D eigenvalue weighted by atomic mass is 9.92.